The molecule has 3 fully saturated rings. The summed E-state index contributed by atoms with van der Waals surface area (Å²) in [4.78, 5) is 0. The first-order valence-corrected chi connectivity index (χ1v) is 17.6. The van der Waals surface area contributed by atoms with Crippen molar-refractivity contribution in [1.82, 2.24) is 12.9 Å². The first kappa shape index (κ1) is 32.8. The fraction of sp³-hybridized carbons (Fsp3) is 1.00. The summed E-state index contributed by atoms with van der Waals surface area (Å²) in [5.41, 5.74) is 0. The number of sulfonamides is 3. The number of rotatable bonds is 6. The zero-order valence-electron chi connectivity index (χ0n) is 22.6. The van der Waals surface area contributed by atoms with Gasteiger partial charge in [0.15, 0.2) is 0 Å². The van der Waals surface area contributed by atoms with Gasteiger partial charge in [0.25, 0.3) is 0 Å². The monoisotopic (exact) mass is 559 g/mol. The molecule has 3 aliphatic heterocycles. The van der Waals surface area contributed by atoms with Crippen LogP contribution in [0.1, 0.15) is 92.9 Å². The van der Waals surface area contributed by atoms with Crippen molar-refractivity contribution < 1.29 is 25.3 Å². The average molecular weight is 560 g/mol. The normalized spacial score (nSPS) is 21.5. The fourth-order valence-electron chi connectivity index (χ4n) is 4.08. The van der Waals surface area contributed by atoms with E-state index in [4.69, 9.17) is 0 Å². The summed E-state index contributed by atoms with van der Waals surface area (Å²) in [7, 11) is -8.88. The van der Waals surface area contributed by atoms with Gasteiger partial charge < -0.3 is 0 Å². The molecule has 0 spiro atoms. The molecule has 0 amide bonds. The zero-order valence-corrected chi connectivity index (χ0v) is 25.1. The van der Waals surface area contributed by atoms with Gasteiger partial charge in [-0.3, -0.25) is 0 Å². The van der Waals surface area contributed by atoms with E-state index in [1.807, 2.05) is 0 Å². The van der Waals surface area contributed by atoms with Gasteiger partial charge in [0, 0.05) is 39.3 Å². The second-order valence-corrected chi connectivity index (χ2v) is 17.8. The molecule has 3 aliphatic rings. The van der Waals surface area contributed by atoms with Crippen molar-refractivity contribution in [3.8, 4) is 0 Å². The van der Waals surface area contributed by atoms with E-state index in [2.05, 4.69) is 0 Å². The van der Waals surface area contributed by atoms with E-state index < -0.39 is 30.1 Å². The van der Waals surface area contributed by atoms with Gasteiger partial charge in [-0.05, 0) is 80.1 Å². The topological polar surface area (TPSA) is 112 Å². The van der Waals surface area contributed by atoms with Crippen LogP contribution in [-0.4, -0.2) is 93.2 Å². The van der Waals surface area contributed by atoms with Gasteiger partial charge in [-0.15, -0.1) is 0 Å². The van der Waals surface area contributed by atoms with Crippen molar-refractivity contribution >= 4 is 30.1 Å². The maximum atomic E-state index is 11.6. The van der Waals surface area contributed by atoms with E-state index in [1.165, 1.54) is 12.8 Å². The van der Waals surface area contributed by atoms with E-state index in [9.17, 15) is 25.3 Å². The molecule has 0 bridgehead atoms. The quantitative estimate of drug-likeness (QED) is 0.494. The van der Waals surface area contributed by atoms with Crippen LogP contribution in [0.15, 0.2) is 0 Å². The molecule has 3 saturated heterocycles. The maximum absolute atomic E-state index is 11.6. The Bertz CT molecular complexity index is 862. The van der Waals surface area contributed by atoms with Crippen LogP contribution in [0, 0.1) is 0 Å². The minimum atomic E-state index is -2.97. The molecule has 35 heavy (non-hydrogen) atoms. The lowest BCUT2D eigenvalue weighted by atomic mass is 10.2. The summed E-state index contributed by atoms with van der Waals surface area (Å²) in [5, 5.41) is -0.799. The van der Waals surface area contributed by atoms with Crippen molar-refractivity contribution in [2.45, 2.75) is 109 Å². The number of nitrogens with zero attached hydrogens (tertiary/aromatic N) is 3. The highest BCUT2D eigenvalue weighted by Gasteiger charge is 2.28. The third kappa shape index (κ3) is 9.85. The number of piperidine rings is 2. The maximum Gasteiger partial charge on any atom is 0.216 e. The van der Waals surface area contributed by atoms with Gasteiger partial charge in [0.05, 0.1) is 15.7 Å². The standard InChI is InChI=1S/2C8H17NO2S.C7H15NO2S/c2*1-8(2)12(10,11)9-6-4-3-5-7-9;1-7(2)11(9,10)8-5-3-4-6-8/h2*8H,3-7H2,1-2H3;7H,3-6H2,1-2H3. The summed E-state index contributed by atoms with van der Waals surface area (Å²) in [6, 6.07) is 0. The Hall–Kier alpha value is -0.270. The lowest BCUT2D eigenvalue weighted by molar-refractivity contribution is 0.343. The second-order valence-electron chi connectivity index (χ2n) is 10.3. The Morgan fingerprint density at radius 3 is 0.714 bits per heavy atom. The summed E-state index contributed by atoms with van der Waals surface area (Å²) in [6.07, 6.45) is 8.46. The molecule has 0 aromatic rings. The summed E-state index contributed by atoms with van der Waals surface area (Å²) in [5.74, 6) is 0. The van der Waals surface area contributed by atoms with Gasteiger partial charge >= 0.3 is 0 Å². The predicted octanol–water partition coefficient (Wildman–Crippen LogP) is 3.24. The van der Waals surface area contributed by atoms with Crippen molar-refractivity contribution in [3.05, 3.63) is 0 Å². The first-order chi connectivity index (χ1) is 16.1. The van der Waals surface area contributed by atoms with Crippen LogP contribution in [0.5, 0.6) is 0 Å². The van der Waals surface area contributed by atoms with E-state index >= 15 is 0 Å². The summed E-state index contributed by atoms with van der Waals surface area (Å²) < 4.78 is 74.2. The Kier molecular flexibility index (Phi) is 13.7. The highest BCUT2D eigenvalue weighted by Crippen LogP contribution is 2.17. The molecular formula is C23H49N3O6S3. The minimum Gasteiger partial charge on any atom is -0.212 e. The summed E-state index contributed by atoms with van der Waals surface area (Å²) >= 11 is 0. The molecule has 0 N–H and O–H groups in total. The van der Waals surface area contributed by atoms with Gasteiger partial charge in [-0.25, -0.2) is 38.2 Å². The van der Waals surface area contributed by atoms with E-state index in [-0.39, 0.29) is 15.7 Å². The molecule has 0 aromatic carbocycles. The molecule has 0 saturated carbocycles. The third-order valence-electron chi connectivity index (χ3n) is 6.56. The lowest BCUT2D eigenvalue weighted by Crippen LogP contribution is -2.39. The van der Waals surface area contributed by atoms with E-state index in [1.54, 1.807) is 54.5 Å². The van der Waals surface area contributed by atoms with Crippen LogP contribution < -0.4 is 0 Å². The van der Waals surface area contributed by atoms with Crippen LogP contribution in [0.4, 0.5) is 0 Å². The highest BCUT2D eigenvalue weighted by molar-refractivity contribution is 7.90. The van der Waals surface area contributed by atoms with Crippen molar-refractivity contribution in [1.29, 1.82) is 0 Å². The Morgan fingerprint density at radius 1 is 0.371 bits per heavy atom. The smallest absolute Gasteiger partial charge is 0.212 e. The van der Waals surface area contributed by atoms with Gasteiger partial charge in [-0.1, -0.05) is 12.8 Å². The molecule has 0 aliphatic carbocycles. The summed E-state index contributed by atoms with van der Waals surface area (Å²) in [6.45, 7) is 14.8. The van der Waals surface area contributed by atoms with Gasteiger partial charge in [-0.2, -0.15) is 0 Å². The highest BCUT2D eigenvalue weighted by atomic mass is 32.2. The van der Waals surface area contributed by atoms with Crippen LogP contribution in [0.2, 0.25) is 0 Å². The van der Waals surface area contributed by atoms with Crippen molar-refractivity contribution in [2.75, 3.05) is 39.3 Å². The van der Waals surface area contributed by atoms with E-state index in [0.717, 1.165) is 77.8 Å². The van der Waals surface area contributed by atoms with Crippen LogP contribution in [0.25, 0.3) is 0 Å². The van der Waals surface area contributed by atoms with Crippen LogP contribution >= 0.6 is 0 Å². The molecule has 3 rings (SSSR count). The molecule has 9 nitrogen and oxygen atoms in total. The van der Waals surface area contributed by atoms with Crippen molar-refractivity contribution in [2.24, 2.45) is 0 Å². The zero-order chi connectivity index (χ0) is 26.9. The number of hydrogen-bond acceptors (Lipinski definition) is 6. The first-order valence-electron chi connectivity index (χ1n) is 13.1. The predicted molar refractivity (Wildman–Crippen MR) is 144 cm³/mol. The van der Waals surface area contributed by atoms with Crippen LogP contribution in [-0.2, 0) is 30.1 Å². The molecule has 0 atom stereocenters. The largest absolute Gasteiger partial charge is 0.216 e. The molecular weight excluding hydrogens is 510 g/mol. The minimum absolute atomic E-state index is 0.263. The Morgan fingerprint density at radius 2 is 0.543 bits per heavy atom. The lowest BCUT2D eigenvalue weighted by Gasteiger charge is -2.27. The SMILES string of the molecule is CC(C)S(=O)(=O)N1CCCC1.CC(C)S(=O)(=O)N1CCCCC1.CC(C)S(=O)(=O)N1CCCCC1. The third-order valence-corrected chi connectivity index (χ3v) is 13.4. The van der Waals surface area contributed by atoms with E-state index in [0.29, 0.717) is 0 Å². The number of hydrogen-bond donors (Lipinski definition) is 0. The Balaban J connectivity index is 0.000000263. The van der Waals surface area contributed by atoms with Crippen LogP contribution in [0.3, 0.4) is 0 Å². The molecule has 3 heterocycles. The molecule has 210 valence electrons. The molecule has 12 heteroatoms. The Labute approximate surface area is 215 Å². The average Bonchev–Trinajstić information content (AvgIpc) is 3.37. The molecule has 0 aromatic heterocycles. The molecule has 0 radical (unpaired) electrons. The van der Waals surface area contributed by atoms with Gasteiger partial charge in [0.1, 0.15) is 0 Å². The van der Waals surface area contributed by atoms with Crippen molar-refractivity contribution in [3.63, 3.8) is 0 Å². The fourth-order valence-corrected chi connectivity index (χ4v) is 8.17. The molecule has 0 unspecified atom stereocenters. The van der Waals surface area contributed by atoms with Gasteiger partial charge in [0.2, 0.25) is 30.1 Å². The second kappa shape index (κ2) is 14.6.